The van der Waals surface area contributed by atoms with Gasteiger partial charge in [0, 0.05) is 13.8 Å². The summed E-state index contributed by atoms with van der Waals surface area (Å²) in [7, 11) is -3.79. The fraction of sp³-hybridized carbons (Fsp3) is 0.875. The molecule has 0 aliphatic carbocycles. The first kappa shape index (κ1) is 21.4. The van der Waals surface area contributed by atoms with Crippen LogP contribution in [0.3, 0.4) is 0 Å². The van der Waals surface area contributed by atoms with Crippen LogP contribution >= 0.6 is 0 Å². The maximum absolute atomic E-state index is 11.3. The molecule has 0 aliphatic heterocycles. The minimum absolute atomic E-state index is 0.138. The minimum Gasteiger partial charge on any atom is -0.519 e. The Labute approximate surface area is 138 Å². The fourth-order valence-electron chi connectivity index (χ4n) is 3.10. The molecule has 0 spiro atoms. The van der Waals surface area contributed by atoms with E-state index in [2.05, 4.69) is 27.7 Å². The van der Waals surface area contributed by atoms with Gasteiger partial charge in [-0.3, -0.25) is 9.59 Å². The summed E-state index contributed by atoms with van der Waals surface area (Å²) in [5.74, 6) is -0.276. The second-order valence-electron chi connectivity index (χ2n) is 6.17. The van der Waals surface area contributed by atoms with Gasteiger partial charge in [-0.15, -0.1) is 0 Å². The molecule has 130 valence electrons. The monoisotopic (exact) mass is 346 g/mol. The van der Waals surface area contributed by atoms with Gasteiger partial charge in [0.25, 0.3) is 28.6 Å². The van der Waals surface area contributed by atoms with Crippen LogP contribution in [0, 0.1) is 0 Å². The van der Waals surface area contributed by atoms with Crippen LogP contribution in [-0.2, 0) is 18.4 Å². The van der Waals surface area contributed by atoms with Crippen molar-refractivity contribution in [2.45, 2.75) is 90.6 Å². The Hall–Kier alpha value is -0.626. The predicted molar refractivity (Wildman–Crippen MR) is 95.8 cm³/mol. The molecule has 0 aromatic heterocycles. The second kappa shape index (κ2) is 10.2. The van der Waals surface area contributed by atoms with Gasteiger partial charge < -0.3 is 8.85 Å². The van der Waals surface area contributed by atoms with Crippen LogP contribution in [0.4, 0.5) is 0 Å². The smallest absolute Gasteiger partial charge is 0.289 e. The third-order valence-corrected chi connectivity index (χ3v) is 13.9. The summed E-state index contributed by atoms with van der Waals surface area (Å²) < 4.78 is 11.4. The zero-order valence-corrected chi connectivity index (χ0v) is 17.3. The summed E-state index contributed by atoms with van der Waals surface area (Å²) >= 11 is 0. The van der Waals surface area contributed by atoms with E-state index in [9.17, 15) is 9.59 Å². The minimum atomic E-state index is -1.90. The number of rotatable bonds is 11. The maximum atomic E-state index is 11.3. The van der Waals surface area contributed by atoms with Crippen LogP contribution in [0.15, 0.2) is 0 Å². The van der Waals surface area contributed by atoms with Crippen molar-refractivity contribution in [1.29, 1.82) is 0 Å². The van der Waals surface area contributed by atoms with Crippen molar-refractivity contribution >= 4 is 28.6 Å². The molecule has 0 saturated heterocycles. The molecule has 0 amide bonds. The zero-order valence-electron chi connectivity index (χ0n) is 15.3. The van der Waals surface area contributed by atoms with Gasteiger partial charge in [0.2, 0.25) is 0 Å². The second-order valence-corrected chi connectivity index (χ2v) is 15.1. The van der Waals surface area contributed by atoms with Gasteiger partial charge in [0.15, 0.2) is 0 Å². The molecule has 0 aliphatic rings. The molecule has 0 fully saturated rings. The summed E-state index contributed by atoms with van der Waals surface area (Å²) in [4.78, 5) is 22.7. The normalized spacial score (nSPS) is 12.1. The van der Waals surface area contributed by atoms with Crippen LogP contribution in [0.5, 0.6) is 0 Å². The third-order valence-electron chi connectivity index (χ3n) is 4.81. The lowest BCUT2D eigenvalue weighted by Gasteiger charge is -2.30. The SMILES string of the molecule is CC[Si](CC)(CCCC[Si](CC)(CC)OC(C)=O)OC(C)=O. The van der Waals surface area contributed by atoms with Crippen molar-refractivity contribution < 1.29 is 18.4 Å². The molecule has 0 atom stereocenters. The lowest BCUT2D eigenvalue weighted by molar-refractivity contribution is -0.133. The standard InChI is InChI=1S/C16H34O4Si2/c1-7-21(8-2,19-15(5)17)13-11-12-14-22(9-3,10-4)20-16(6)18/h7-14H2,1-6H3. The molecular weight excluding hydrogens is 312 g/mol. The topological polar surface area (TPSA) is 52.6 Å². The Kier molecular flexibility index (Phi) is 9.91. The van der Waals surface area contributed by atoms with Crippen molar-refractivity contribution in [3.05, 3.63) is 0 Å². The molecule has 0 N–H and O–H groups in total. The Bertz CT molecular complexity index is 316. The van der Waals surface area contributed by atoms with E-state index < -0.39 is 16.6 Å². The van der Waals surface area contributed by atoms with Crippen molar-refractivity contribution in [2.75, 3.05) is 0 Å². The molecule has 6 heteroatoms. The van der Waals surface area contributed by atoms with Crippen LogP contribution in [0.1, 0.15) is 54.4 Å². The molecule has 0 rings (SSSR count). The number of carbonyl (C=O) groups is 2. The van der Waals surface area contributed by atoms with Gasteiger partial charge >= 0.3 is 0 Å². The number of carbonyl (C=O) groups excluding carboxylic acids is 2. The Morgan fingerprint density at radius 2 is 0.955 bits per heavy atom. The largest absolute Gasteiger partial charge is 0.519 e. The average Bonchev–Trinajstić information content (AvgIpc) is 2.48. The van der Waals surface area contributed by atoms with Crippen LogP contribution < -0.4 is 0 Å². The molecule has 0 aromatic rings. The first-order valence-corrected chi connectivity index (χ1v) is 13.7. The van der Waals surface area contributed by atoms with Crippen molar-refractivity contribution in [3.8, 4) is 0 Å². The highest BCUT2D eigenvalue weighted by Crippen LogP contribution is 2.29. The highest BCUT2D eigenvalue weighted by molar-refractivity contribution is 6.75. The van der Waals surface area contributed by atoms with E-state index in [4.69, 9.17) is 8.85 Å². The summed E-state index contributed by atoms with van der Waals surface area (Å²) in [5.41, 5.74) is 0. The number of hydrogen-bond acceptors (Lipinski definition) is 4. The van der Waals surface area contributed by atoms with Gasteiger partial charge in [0.05, 0.1) is 0 Å². The van der Waals surface area contributed by atoms with Gasteiger partial charge in [-0.25, -0.2) is 0 Å². The van der Waals surface area contributed by atoms with Crippen molar-refractivity contribution in [1.82, 2.24) is 0 Å². The Balaban J connectivity index is 4.53. The van der Waals surface area contributed by atoms with E-state index in [1.165, 1.54) is 13.8 Å². The van der Waals surface area contributed by atoms with Crippen molar-refractivity contribution in [2.24, 2.45) is 0 Å². The molecular formula is C16H34O4Si2. The van der Waals surface area contributed by atoms with E-state index in [1.54, 1.807) is 0 Å². The fourth-order valence-corrected chi connectivity index (χ4v) is 9.31. The maximum Gasteiger partial charge on any atom is 0.289 e. The molecule has 0 radical (unpaired) electrons. The van der Waals surface area contributed by atoms with E-state index in [0.717, 1.165) is 49.1 Å². The highest BCUT2D eigenvalue weighted by Gasteiger charge is 2.36. The molecule has 0 bridgehead atoms. The molecule has 0 aromatic carbocycles. The first-order valence-electron chi connectivity index (χ1n) is 8.67. The number of hydrogen-bond donors (Lipinski definition) is 0. The van der Waals surface area contributed by atoms with Gasteiger partial charge in [-0.05, 0) is 36.3 Å². The van der Waals surface area contributed by atoms with E-state index in [0.29, 0.717) is 0 Å². The Morgan fingerprint density at radius 3 is 1.14 bits per heavy atom. The van der Waals surface area contributed by atoms with Gasteiger partial charge in [-0.1, -0.05) is 40.5 Å². The Morgan fingerprint density at radius 1 is 0.682 bits per heavy atom. The van der Waals surface area contributed by atoms with E-state index in [-0.39, 0.29) is 11.9 Å². The predicted octanol–water partition coefficient (Wildman–Crippen LogP) is 4.86. The first-order chi connectivity index (χ1) is 10.3. The van der Waals surface area contributed by atoms with Crippen LogP contribution in [-0.4, -0.2) is 28.6 Å². The van der Waals surface area contributed by atoms with Crippen LogP contribution in [0.25, 0.3) is 0 Å². The van der Waals surface area contributed by atoms with Gasteiger partial charge in [0.1, 0.15) is 0 Å². The number of unbranched alkanes of at least 4 members (excludes halogenated alkanes) is 1. The highest BCUT2D eigenvalue weighted by atomic mass is 28.4. The molecule has 0 saturated carbocycles. The molecule has 22 heavy (non-hydrogen) atoms. The molecule has 4 nitrogen and oxygen atoms in total. The third kappa shape index (κ3) is 7.09. The quantitative estimate of drug-likeness (QED) is 0.396. The summed E-state index contributed by atoms with van der Waals surface area (Å²) in [6.07, 6.45) is 2.13. The summed E-state index contributed by atoms with van der Waals surface area (Å²) in [6, 6.07) is 5.98. The van der Waals surface area contributed by atoms with E-state index >= 15 is 0 Å². The molecule has 0 heterocycles. The lowest BCUT2D eigenvalue weighted by Crippen LogP contribution is -2.39. The summed E-state index contributed by atoms with van der Waals surface area (Å²) in [5, 5.41) is 0. The molecule has 0 unspecified atom stereocenters. The van der Waals surface area contributed by atoms with E-state index in [1.807, 2.05) is 0 Å². The van der Waals surface area contributed by atoms with Gasteiger partial charge in [-0.2, -0.15) is 0 Å². The van der Waals surface area contributed by atoms with Crippen molar-refractivity contribution in [3.63, 3.8) is 0 Å². The van der Waals surface area contributed by atoms with Crippen LogP contribution in [0.2, 0.25) is 36.3 Å². The zero-order chi connectivity index (χ0) is 17.2. The lowest BCUT2D eigenvalue weighted by atomic mass is 10.4. The summed E-state index contributed by atoms with van der Waals surface area (Å²) in [6.45, 7) is 11.6. The average molecular weight is 347 g/mol.